The van der Waals surface area contributed by atoms with Crippen LogP contribution in [0, 0.1) is 0 Å². The predicted octanol–water partition coefficient (Wildman–Crippen LogP) is 1.33. The van der Waals surface area contributed by atoms with Crippen LogP contribution in [-0.4, -0.2) is 30.4 Å². The van der Waals surface area contributed by atoms with Crippen LogP contribution in [-0.2, 0) is 11.3 Å². The number of halogens is 1. The second kappa shape index (κ2) is 4.29. The first kappa shape index (κ1) is 9.96. The largest absolute Gasteiger partial charge is 0.354 e. The van der Waals surface area contributed by atoms with E-state index in [9.17, 15) is 4.79 Å². The molecule has 1 aromatic heterocycles. The lowest BCUT2D eigenvalue weighted by atomic mass is 10.3. The van der Waals surface area contributed by atoms with Crippen LogP contribution in [0.2, 0.25) is 4.34 Å². The van der Waals surface area contributed by atoms with Gasteiger partial charge in [-0.15, -0.1) is 11.3 Å². The molecule has 3 nitrogen and oxygen atoms in total. The number of rotatable bonds is 2. The molecule has 1 fully saturated rings. The quantitative estimate of drug-likeness (QED) is 0.832. The topological polar surface area (TPSA) is 32.3 Å². The summed E-state index contributed by atoms with van der Waals surface area (Å²) >= 11 is 7.40. The van der Waals surface area contributed by atoms with E-state index in [0.717, 1.165) is 24.0 Å². The highest BCUT2D eigenvalue weighted by molar-refractivity contribution is 7.16. The Kier molecular flexibility index (Phi) is 3.05. The monoisotopic (exact) mass is 230 g/mol. The number of amides is 1. The lowest BCUT2D eigenvalue weighted by molar-refractivity contribution is -0.124. The molecular formula is C9H11ClN2OS. The van der Waals surface area contributed by atoms with Crippen molar-refractivity contribution in [2.45, 2.75) is 6.54 Å². The second-order valence-electron chi connectivity index (χ2n) is 3.27. The molecule has 0 unspecified atom stereocenters. The van der Waals surface area contributed by atoms with Crippen LogP contribution in [0.25, 0.3) is 0 Å². The molecule has 0 spiro atoms. The Bertz CT molecular complexity index is 339. The Balaban J connectivity index is 1.93. The minimum atomic E-state index is 0.110. The van der Waals surface area contributed by atoms with E-state index in [4.69, 9.17) is 11.6 Å². The Morgan fingerprint density at radius 3 is 3.07 bits per heavy atom. The smallest absolute Gasteiger partial charge is 0.234 e. The van der Waals surface area contributed by atoms with Gasteiger partial charge in [0.05, 0.1) is 10.9 Å². The van der Waals surface area contributed by atoms with Crippen LogP contribution in [0.1, 0.15) is 4.88 Å². The molecule has 2 heterocycles. The van der Waals surface area contributed by atoms with E-state index < -0.39 is 0 Å². The van der Waals surface area contributed by atoms with Crippen molar-refractivity contribution in [1.29, 1.82) is 0 Å². The summed E-state index contributed by atoms with van der Waals surface area (Å²) in [6.45, 7) is 2.99. The fourth-order valence-electron chi connectivity index (χ4n) is 1.48. The summed E-state index contributed by atoms with van der Waals surface area (Å²) in [7, 11) is 0. The molecule has 5 heteroatoms. The number of thiophene rings is 1. The maximum Gasteiger partial charge on any atom is 0.234 e. The van der Waals surface area contributed by atoms with Gasteiger partial charge in [0, 0.05) is 24.5 Å². The van der Waals surface area contributed by atoms with Crippen LogP contribution in [0.3, 0.4) is 0 Å². The van der Waals surface area contributed by atoms with Gasteiger partial charge in [-0.1, -0.05) is 11.6 Å². The Hall–Kier alpha value is -0.580. The fraction of sp³-hybridized carbons (Fsp3) is 0.444. The normalized spacial score (nSPS) is 18.2. The number of nitrogens with one attached hydrogen (secondary N) is 1. The summed E-state index contributed by atoms with van der Waals surface area (Å²) < 4.78 is 0.807. The van der Waals surface area contributed by atoms with Gasteiger partial charge in [0.1, 0.15) is 0 Å². The molecule has 1 N–H and O–H groups in total. The Morgan fingerprint density at radius 1 is 1.57 bits per heavy atom. The van der Waals surface area contributed by atoms with E-state index in [1.54, 1.807) is 11.3 Å². The van der Waals surface area contributed by atoms with Crippen LogP contribution in [0.5, 0.6) is 0 Å². The first-order valence-corrected chi connectivity index (χ1v) is 5.67. The Labute approximate surface area is 91.7 Å². The molecule has 1 amide bonds. The third kappa shape index (κ3) is 2.47. The van der Waals surface area contributed by atoms with Gasteiger partial charge in [-0.25, -0.2) is 0 Å². The minimum absolute atomic E-state index is 0.110. The molecule has 1 aromatic rings. The summed E-state index contributed by atoms with van der Waals surface area (Å²) in [6.07, 6.45) is 0. The van der Waals surface area contributed by atoms with Gasteiger partial charge in [0.15, 0.2) is 0 Å². The van der Waals surface area contributed by atoms with Gasteiger partial charge in [-0.05, 0) is 12.1 Å². The van der Waals surface area contributed by atoms with Crippen molar-refractivity contribution >= 4 is 28.8 Å². The van der Waals surface area contributed by atoms with Crippen molar-refractivity contribution in [2.75, 3.05) is 19.6 Å². The molecule has 14 heavy (non-hydrogen) atoms. The van der Waals surface area contributed by atoms with Gasteiger partial charge in [-0.3, -0.25) is 9.69 Å². The summed E-state index contributed by atoms with van der Waals surface area (Å²) in [5.74, 6) is 0.110. The first-order chi connectivity index (χ1) is 6.74. The highest BCUT2D eigenvalue weighted by Gasteiger charge is 2.16. The average Bonchev–Trinajstić information content (AvgIpc) is 2.51. The summed E-state index contributed by atoms with van der Waals surface area (Å²) in [5, 5.41) is 2.80. The summed E-state index contributed by atoms with van der Waals surface area (Å²) in [6, 6.07) is 3.91. The van der Waals surface area contributed by atoms with Gasteiger partial charge in [0.25, 0.3) is 0 Å². The molecular weight excluding hydrogens is 220 g/mol. The number of hydrogen-bond acceptors (Lipinski definition) is 3. The van der Waals surface area contributed by atoms with Crippen molar-refractivity contribution < 1.29 is 4.79 Å². The first-order valence-electron chi connectivity index (χ1n) is 4.47. The third-order valence-electron chi connectivity index (χ3n) is 2.13. The minimum Gasteiger partial charge on any atom is -0.354 e. The molecule has 76 valence electrons. The predicted molar refractivity (Wildman–Crippen MR) is 57.6 cm³/mol. The van der Waals surface area contributed by atoms with Crippen molar-refractivity contribution in [3.8, 4) is 0 Å². The maximum absolute atomic E-state index is 11.1. The number of hydrogen-bond donors (Lipinski definition) is 1. The average molecular weight is 231 g/mol. The van der Waals surface area contributed by atoms with Gasteiger partial charge in [-0.2, -0.15) is 0 Å². The van der Waals surface area contributed by atoms with E-state index in [-0.39, 0.29) is 5.91 Å². The fourth-order valence-corrected chi connectivity index (χ4v) is 2.61. The van der Waals surface area contributed by atoms with Crippen molar-refractivity contribution in [3.05, 3.63) is 21.3 Å². The molecule has 1 saturated heterocycles. The van der Waals surface area contributed by atoms with E-state index in [1.165, 1.54) is 4.88 Å². The summed E-state index contributed by atoms with van der Waals surface area (Å²) in [5.41, 5.74) is 0. The molecule has 0 aliphatic carbocycles. The number of carbonyl (C=O) groups is 1. The molecule has 1 aliphatic heterocycles. The zero-order valence-electron chi connectivity index (χ0n) is 7.62. The molecule has 0 saturated carbocycles. The van der Waals surface area contributed by atoms with Crippen molar-refractivity contribution in [3.63, 3.8) is 0 Å². The van der Waals surface area contributed by atoms with E-state index in [0.29, 0.717) is 6.54 Å². The third-order valence-corrected chi connectivity index (χ3v) is 3.34. The Morgan fingerprint density at radius 2 is 2.43 bits per heavy atom. The standard InChI is InChI=1S/C9H11ClN2OS/c10-8-2-1-7(14-8)5-12-4-3-11-9(13)6-12/h1-2H,3-6H2,(H,11,13). The molecule has 0 bridgehead atoms. The van der Waals surface area contributed by atoms with Crippen LogP contribution >= 0.6 is 22.9 Å². The molecule has 2 rings (SSSR count). The van der Waals surface area contributed by atoms with Gasteiger partial charge < -0.3 is 5.32 Å². The SMILES string of the molecule is O=C1CN(Cc2ccc(Cl)s2)CCN1. The van der Waals surface area contributed by atoms with Crippen molar-refractivity contribution in [1.82, 2.24) is 10.2 Å². The molecule has 0 aromatic carbocycles. The zero-order valence-corrected chi connectivity index (χ0v) is 9.20. The number of piperazine rings is 1. The van der Waals surface area contributed by atoms with E-state index in [2.05, 4.69) is 10.2 Å². The number of nitrogens with zero attached hydrogens (tertiary/aromatic N) is 1. The van der Waals surface area contributed by atoms with E-state index >= 15 is 0 Å². The lowest BCUT2D eigenvalue weighted by Crippen LogP contribution is -2.46. The zero-order chi connectivity index (χ0) is 9.97. The highest BCUT2D eigenvalue weighted by atomic mass is 35.5. The summed E-state index contributed by atoms with van der Waals surface area (Å²) in [4.78, 5) is 14.4. The molecule has 0 radical (unpaired) electrons. The highest BCUT2D eigenvalue weighted by Crippen LogP contribution is 2.22. The van der Waals surface area contributed by atoms with Crippen LogP contribution in [0.4, 0.5) is 0 Å². The van der Waals surface area contributed by atoms with Gasteiger partial charge in [0.2, 0.25) is 5.91 Å². The number of carbonyl (C=O) groups excluding carboxylic acids is 1. The van der Waals surface area contributed by atoms with E-state index in [1.807, 2.05) is 12.1 Å². The van der Waals surface area contributed by atoms with Crippen LogP contribution in [0.15, 0.2) is 12.1 Å². The van der Waals surface area contributed by atoms with Gasteiger partial charge >= 0.3 is 0 Å². The molecule has 1 aliphatic rings. The molecule has 0 atom stereocenters. The van der Waals surface area contributed by atoms with Crippen LogP contribution < -0.4 is 5.32 Å². The maximum atomic E-state index is 11.1. The van der Waals surface area contributed by atoms with Crippen molar-refractivity contribution in [2.24, 2.45) is 0 Å². The lowest BCUT2D eigenvalue weighted by Gasteiger charge is -2.25. The second-order valence-corrected chi connectivity index (χ2v) is 5.07.